The first-order valence-electron chi connectivity index (χ1n) is 7.92. The van der Waals surface area contributed by atoms with Crippen LogP contribution < -0.4 is 10.1 Å². The van der Waals surface area contributed by atoms with Crippen molar-refractivity contribution >= 4 is 11.6 Å². The van der Waals surface area contributed by atoms with Gasteiger partial charge in [0.05, 0.1) is 0 Å². The molecule has 0 atom stereocenters. The Morgan fingerprint density at radius 2 is 1.91 bits per heavy atom. The van der Waals surface area contributed by atoms with Crippen LogP contribution in [0, 0.1) is 12.7 Å². The van der Waals surface area contributed by atoms with Crippen LogP contribution in [-0.4, -0.2) is 12.5 Å². The van der Waals surface area contributed by atoms with Gasteiger partial charge in [-0.25, -0.2) is 4.39 Å². The highest BCUT2D eigenvalue weighted by molar-refractivity contribution is 5.92. The van der Waals surface area contributed by atoms with Gasteiger partial charge < -0.3 is 10.1 Å². The fraction of sp³-hybridized carbons (Fsp3) is 0.316. The summed E-state index contributed by atoms with van der Waals surface area (Å²) in [6.07, 6.45) is 4.63. The number of hydrogen-bond donors (Lipinski definition) is 1. The van der Waals surface area contributed by atoms with E-state index in [0.717, 1.165) is 18.4 Å². The molecule has 23 heavy (non-hydrogen) atoms. The van der Waals surface area contributed by atoms with Crippen LogP contribution in [-0.2, 0) is 17.6 Å². The molecule has 0 bridgehead atoms. The number of halogens is 1. The Hall–Kier alpha value is -2.36. The van der Waals surface area contributed by atoms with Crippen molar-refractivity contribution in [2.75, 3.05) is 11.9 Å². The van der Waals surface area contributed by atoms with Crippen molar-refractivity contribution in [2.24, 2.45) is 0 Å². The Balaban J connectivity index is 1.59. The zero-order valence-electron chi connectivity index (χ0n) is 13.2. The molecular weight excluding hydrogens is 293 g/mol. The van der Waals surface area contributed by atoms with Gasteiger partial charge in [-0.2, -0.15) is 0 Å². The number of benzene rings is 2. The monoisotopic (exact) mass is 313 g/mol. The number of fused-ring (bicyclic) bond motifs is 1. The number of hydrogen-bond acceptors (Lipinski definition) is 2. The number of carbonyl (C=O) groups excluding carboxylic acids is 1. The lowest BCUT2D eigenvalue weighted by atomic mass is 9.92. The Kier molecular flexibility index (Phi) is 4.60. The number of amides is 1. The molecule has 0 aromatic heterocycles. The highest BCUT2D eigenvalue weighted by Gasteiger charge is 2.11. The zero-order chi connectivity index (χ0) is 16.2. The van der Waals surface area contributed by atoms with Gasteiger partial charge in [-0.15, -0.1) is 0 Å². The minimum Gasteiger partial charge on any atom is -0.484 e. The third kappa shape index (κ3) is 3.89. The van der Waals surface area contributed by atoms with E-state index in [4.69, 9.17) is 4.74 Å². The van der Waals surface area contributed by atoms with Crippen molar-refractivity contribution in [2.45, 2.75) is 32.6 Å². The maximum absolute atomic E-state index is 13.2. The predicted molar refractivity (Wildman–Crippen MR) is 88.3 cm³/mol. The molecule has 0 aliphatic heterocycles. The topological polar surface area (TPSA) is 38.3 Å². The maximum Gasteiger partial charge on any atom is 0.262 e. The van der Waals surface area contributed by atoms with Crippen molar-refractivity contribution < 1.29 is 13.9 Å². The highest BCUT2D eigenvalue weighted by Crippen LogP contribution is 2.25. The SMILES string of the molecule is Cc1ccc(F)cc1NC(=O)COc1ccc2c(c1)CCCC2. The summed E-state index contributed by atoms with van der Waals surface area (Å²) in [4.78, 5) is 12.0. The molecule has 1 aliphatic carbocycles. The Bertz CT molecular complexity index is 727. The van der Waals surface area contributed by atoms with E-state index in [1.807, 2.05) is 19.1 Å². The van der Waals surface area contributed by atoms with E-state index in [0.29, 0.717) is 11.4 Å². The molecule has 4 heteroatoms. The Labute approximate surface area is 135 Å². The molecule has 3 rings (SSSR count). The van der Waals surface area contributed by atoms with Crippen molar-refractivity contribution in [1.29, 1.82) is 0 Å². The number of aryl methyl sites for hydroxylation is 3. The van der Waals surface area contributed by atoms with Crippen LogP contribution in [0.3, 0.4) is 0 Å². The third-order valence-electron chi connectivity index (χ3n) is 4.16. The molecule has 1 aliphatic rings. The van der Waals surface area contributed by atoms with Crippen LogP contribution in [0.25, 0.3) is 0 Å². The summed E-state index contributed by atoms with van der Waals surface area (Å²) in [6, 6.07) is 10.3. The highest BCUT2D eigenvalue weighted by atomic mass is 19.1. The quantitative estimate of drug-likeness (QED) is 0.925. The molecule has 3 nitrogen and oxygen atoms in total. The van der Waals surface area contributed by atoms with Crippen molar-refractivity contribution in [1.82, 2.24) is 0 Å². The van der Waals surface area contributed by atoms with E-state index in [9.17, 15) is 9.18 Å². The first kappa shape index (κ1) is 15.5. The smallest absolute Gasteiger partial charge is 0.262 e. The molecule has 120 valence electrons. The van der Waals surface area contributed by atoms with E-state index >= 15 is 0 Å². The average Bonchev–Trinajstić information content (AvgIpc) is 2.56. The van der Waals surface area contributed by atoms with Crippen molar-refractivity contribution in [3.63, 3.8) is 0 Å². The summed E-state index contributed by atoms with van der Waals surface area (Å²) in [7, 11) is 0. The molecule has 0 saturated carbocycles. The van der Waals surface area contributed by atoms with E-state index in [2.05, 4.69) is 11.4 Å². The predicted octanol–water partition coefficient (Wildman–Crippen LogP) is 4.03. The number of rotatable bonds is 4. The lowest BCUT2D eigenvalue weighted by molar-refractivity contribution is -0.118. The van der Waals surface area contributed by atoms with Crippen LogP contribution in [0.4, 0.5) is 10.1 Å². The van der Waals surface area contributed by atoms with Crippen LogP contribution in [0.5, 0.6) is 5.75 Å². The maximum atomic E-state index is 13.2. The van der Waals surface area contributed by atoms with Gasteiger partial charge in [0.25, 0.3) is 5.91 Å². The number of nitrogens with one attached hydrogen (secondary N) is 1. The second-order valence-electron chi connectivity index (χ2n) is 5.93. The Morgan fingerprint density at radius 3 is 2.74 bits per heavy atom. The van der Waals surface area contributed by atoms with Gasteiger partial charge in [0, 0.05) is 5.69 Å². The molecule has 2 aromatic rings. The van der Waals surface area contributed by atoms with Gasteiger partial charge in [-0.1, -0.05) is 12.1 Å². The van der Waals surface area contributed by atoms with E-state index in [-0.39, 0.29) is 18.3 Å². The second kappa shape index (κ2) is 6.82. The van der Waals surface area contributed by atoms with Gasteiger partial charge in [0.2, 0.25) is 0 Å². The zero-order valence-corrected chi connectivity index (χ0v) is 13.2. The van der Waals surface area contributed by atoms with Crippen molar-refractivity contribution in [3.8, 4) is 5.75 Å². The molecule has 0 spiro atoms. The van der Waals surface area contributed by atoms with Crippen molar-refractivity contribution in [3.05, 3.63) is 58.9 Å². The molecule has 2 aromatic carbocycles. The molecular formula is C19H20FNO2. The molecule has 0 unspecified atom stereocenters. The average molecular weight is 313 g/mol. The van der Waals surface area contributed by atoms with Crippen LogP contribution in [0.15, 0.2) is 36.4 Å². The minimum atomic E-state index is -0.374. The molecule has 1 N–H and O–H groups in total. The molecule has 0 heterocycles. The number of carbonyl (C=O) groups is 1. The second-order valence-corrected chi connectivity index (χ2v) is 5.93. The summed E-state index contributed by atoms with van der Waals surface area (Å²) in [6.45, 7) is 1.73. The summed E-state index contributed by atoms with van der Waals surface area (Å²) < 4.78 is 18.8. The lowest BCUT2D eigenvalue weighted by Gasteiger charge is -2.16. The molecule has 0 radical (unpaired) electrons. The lowest BCUT2D eigenvalue weighted by Crippen LogP contribution is -2.20. The summed E-state index contributed by atoms with van der Waals surface area (Å²) in [5.41, 5.74) is 3.98. The van der Waals surface area contributed by atoms with Gasteiger partial charge >= 0.3 is 0 Å². The van der Waals surface area contributed by atoms with Crippen LogP contribution in [0.2, 0.25) is 0 Å². The summed E-state index contributed by atoms with van der Waals surface area (Å²) >= 11 is 0. The van der Waals surface area contributed by atoms with E-state index in [1.165, 1.54) is 36.1 Å². The summed E-state index contributed by atoms with van der Waals surface area (Å²) in [5, 5.41) is 2.68. The first-order chi connectivity index (χ1) is 11.1. The van der Waals surface area contributed by atoms with E-state index < -0.39 is 0 Å². The van der Waals surface area contributed by atoms with Gasteiger partial charge in [-0.3, -0.25) is 4.79 Å². The summed E-state index contributed by atoms with van der Waals surface area (Å²) in [5.74, 6) is 0.0368. The minimum absolute atomic E-state index is 0.0886. The third-order valence-corrected chi connectivity index (χ3v) is 4.16. The fourth-order valence-electron chi connectivity index (χ4n) is 2.86. The largest absolute Gasteiger partial charge is 0.484 e. The van der Waals surface area contributed by atoms with E-state index in [1.54, 1.807) is 6.07 Å². The van der Waals surface area contributed by atoms with Gasteiger partial charge in [0.15, 0.2) is 6.61 Å². The van der Waals surface area contributed by atoms with Gasteiger partial charge in [-0.05, 0) is 73.6 Å². The van der Waals surface area contributed by atoms with Crippen LogP contribution in [0.1, 0.15) is 29.5 Å². The number of ether oxygens (including phenoxy) is 1. The standard InChI is InChI=1S/C19H20FNO2/c1-13-6-8-16(20)11-18(13)21-19(22)12-23-17-9-7-14-4-2-3-5-15(14)10-17/h6-11H,2-5,12H2,1H3,(H,21,22). The Morgan fingerprint density at radius 1 is 1.13 bits per heavy atom. The molecule has 0 fully saturated rings. The van der Waals surface area contributed by atoms with Gasteiger partial charge in [0.1, 0.15) is 11.6 Å². The fourth-order valence-corrected chi connectivity index (χ4v) is 2.86. The first-order valence-corrected chi connectivity index (χ1v) is 7.92. The van der Waals surface area contributed by atoms with Crippen LogP contribution >= 0.6 is 0 Å². The normalized spacial score (nSPS) is 13.3. The number of anilines is 1. The molecule has 1 amide bonds. The molecule has 0 saturated heterocycles.